The standard InChI is InChI=1S/C22H24N6O5S/c1-11(2)32-19(29)13-6-4-5-12(7-13)18-26-27-22(33-18)28-14-8-15-17(16(28)10-31-9-14)34-21(24-15)25-20(30)23-3/h4-7,11,14,16H,8-10H2,1-3H3,(H2,23,24,25,30). The Morgan fingerprint density at radius 2 is 2.12 bits per heavy atom. The number of morpholine rings is 1. The van der Waals surface area contributed by atoms with Crippen molar-refractivity contribution in [2.24, 2.45) is 0 Å². The minimum Gasteiger partial charge on any atom is -0.459 e. The van der Waals surface area contributed by atoms with Crippen LogP contribution in [0, 0.1) is 0 Å². The average Bonchev–Trinajstić information content (AvgIpc) is 3.45. The topological polar surface area (TPSA) is 132 Å². The van der Waals surface area contributed by atoms with Crippen LogP contribution in [0.25, 0.3) is 11.5 Å². The van der Waals surface area contributed by atoms with Gasteiger partial charge in [-0.15, -0.1) is 5.10 Å². The van der Waals surface area contributed by atoms with Crippen molar-refractivity contribution in [3.63, 3.8) is 0 Å². The number of carbonyl (C=O) groups is 2. The Morgan fingerprint density at radius 3 is 2.91 bits per heavy atom. The van der Waals surface area contributed by atoms with Gasteiger partial charge in [0.05, 0.1) is 47.5 Å². The molecule has 0 aliphatic carbocycles. The molecule has 1 fully saturated rings. The van der Waals surface area contributed by atoms with Crippen molar-refractivity contribution in [3.8, 4) is 11.5 Å². The number of urea groups is 1. The number of benzene rings is 1. The lowest BCUT2D eigenvalue weighted by molar-refractivity contribution is 0.0378. The highest BCUT2D eigenvalue weighted by molar-refractivity contribution is 7.16. The molecule has 2 aliphatic heterocycles. The number of nitrogens with one attached hydrogen (secondary N) is 2. The summed E-state index contributed by atoms with van der Waals surface area (Å²) in [6.45, 7) is 4.55. The molecule has 1 aromatic carbocycles. The molecule has 11 nitrogen and oxygen atoms in total. The summed E-state index contributed by atoms with van der Waals surface area (Å²) in [7, 11) is 1.56. The number of anilines is 2. The van der Waals surface area contributed by atoms with E-state index in [2.05, 4.69) is 30.7 Å². The Hall–Kier alpha value is -3.51. The molecule has 2 amide bonds. The molecule has 5 rings (SSSR count). The number of ether oxygens (including phenoxy) is 2. The number of thiazole rings is 1. The second-order valence-electron chi connectivity index (χ2n) is 8.28. The minimum absolute atomic E-state index is 0.0261. The number of aromatic nitrogens is 3. The Balaban J connectivity index is 1.41. The lowest BCUT2D eigenvalue weighted by Gasteiger charge is -2.43. The maximum absolute atomic E-state index is 12.3. The number of amides is 2. The monoisotopic (exact) mass is 484 g/mol. The summed E-state index contributed by atoms with van der Waals surface area (Å²) < 4.78 is 17.2. The van der Waals surface area contributed by atoms with E-state index < -0.39 is 5.97 Å². The van der Waals surface area contributed by atoms with E-state index in [4.69, 9.17) is 13.9 Å². The van der Waals surface area contributed by atoms with Gasteiger partial charge in [0.2, 0.25) is 5.89 Å². The van der Waals surface area contributed by atoms with E-state index >= 15 is 0 Å². The van der Waals surface area contributed by atoms with Gasteiger partial charge in [-0.05, 0) is 32.0 Å². The highest BCUT2D eigenvalue weighted by atomic mass is 32.1. The van der Waals surface area contributed by atoms with Crippen molar-refractivity contribution in [2.45, 2.75) is 38.5 Å². The number of esters is 1. The molecule has 0 spiro atoms. The summed E-state index contributed by atoms with van der Waals surface area (Å²) in [4.78, 5) is 31.7. The summed E-state index contributed by atoms with van der Waals surface area (Å²) in [5.74, 6) is -0.0940. The number of fused-ring (bicyclic) bond motifs is 4. The Labute approximate surface area is 199 Å². The number of carbonyl (C=O) groups excluding carboxylic acids is 2. The zero-order valence-electron chi connectivity index (χ0n) is 18.9. The van der Waals surface area contributed by atoms with Crippen LogP contribution in [0.15, 0.2) is 28.7 Å². The quantitative estimate of drug-likeness (QED) is 0.525. The van der Waals surface area contributed by atoms with Gasteiger partial charge in [0.1, 0.15) is 0 Å². The van der Waals surface area contributed by atoms with Gasteiger partial charge in [-0.1, -0.05) is 22.5 Å². The molecule has 0 radical (unpaired) electrons. The predicted molar refractivity (Wildman–Crippen MR) is 124 cm³/mol. The molecule has 2 aliphatic rings. The van der Waals surface area contributed by atoms with Crippen LogP contribution in [0.1, 0.15) is 40.8 Å². The van der Waals surface area contributed by atoms with Crippen molar-refractivity contribution >= 4 is 34.5 Å². The molecule has 12 heteroatoms. The molecule has 2 unspecified atom stereocenters. The number of rotatable bonds is 5. The molecular weight excluding hydrogens is 460 g/mol. The van der Waals surface area contributed by atoms with Gasteiger partial charge >= 0.3 is 18.0 Å². The van der Waals surface area contributed by atoms with Crippen LogP contribution >= 0.6 is 11.3 Å². The van der Waals surface area contributed by atoms with Crippen molar-refractivity contribution in [1.29, 1.82) is 0 Å². The fourth-order valence-electron chi connectivity index (χ4n) is 4.08. The third-order valence-corrected chi connectivity index (χ3v) is 6.66. The van der Waals surface area contributed by atoms with E-state index in [-0.39, 0.29) is 24.2 Å². The molecule has 2 bridgehead atoms. The molecule has 1 saturated heterocycles. The largest absolute Gasteiger partial charge is 0.459 e. The first-order valence-electron chi connectivity index (χ1n) is 10.9. The molecule has 0 saturated carbocycles. The predicted octanol–water partition coefficient (Wildman–Crippen LogP) is 3.01. The third kappa shape index (κ3) is 4.21. The third-order valence-electron chi connectivity index (χ3n) is 5.55. The van der Waals surface area contributed by atoms with E-state index in [9.17, 15) is 9.59 Å². The first kappa shape index (κ1) is 22.3. The SMILES string of the molecule is CNC(=O)Nc1nc2c(s1)C1COCC(C2)N1c1nnc(-c2cccc(C(=O)OC(C)C)c2)o1. The first-order valence-corrected chi connectivity index (χ1v) is 11.7. The molecule has 4 heterocycles. The van der Waals surface area contributed by atoms with Crippen molar-refractivity contribution in [2.75, 3.05) is 30.5 Å². The van der Waals surface area contributed by atoms with Crippen LogP contribution in [-0.2, 0) is 15.9 Å². The van der Waals surface area contributed by atoms with Crippen LogP contribution in [0.4, 0.5) is 15.9 Å². The summed E-state index contributed by atoms with van der Waals surface area (Å²) >= 11 is 1.41. The lowest BCUT2D eigenvalue weighted by Crippen LogP contribution is -2.51. The zero-order chi connectivity index (χ0) is 23.8. The molecular formula is C22H24N6O5S. The molecule has 2 N–H and O–H groups in total. The second-order valence-corrected chi connectivity index (χ2v) is 9.31. The smallest absolute Gasteiger partial charge is 0.338 e. The summed E-state index contributed by atoms with van der Waals surface area (Å²) in [6, 6.07) is 6.81. The van der Waals surface area contributed by atoms with E-state index in [1.807, 2.05) is 6.07 Å². The normalized spacial score (nSPS) is 19.0. The number of hydrogen-bond donors (Lipinski definition) is 2. The highest BCUT2D eigenvalue weighted by Gasteiger charge is 2.43. The average molecular weight is 485 g/mol. The van der Waals surface area contributed by atoms with Gasteiger partial charge in [-0.2, -0.15) is 0 Å². The van der Waals surface area contributed by atoms with Crippen molar-refractivity contribution in [3.05, 3.63) is 40.4 Å². The van der Waals surface area contributed by atoms with Crippen LogP contribution in [0.3, 0.4) is 0 Å². The molecule has 2 aromatic heterocycles. The highest BCUT2D eigenvalue weighted by Crippen LogP contribution is 2.43. The summed E-state index contributed by atoms with van der Waals surface area (Å²) in [5, 5.41) is 14.3. The molecule has 178 valence electrons. The van der Waals surface area contributed by atoms with Gasteiger partial charge in [0.25, 0.3) is 0 Å². The lowest BCUT2D eigenvalue weighted by atomic mass is 9.97. The van der Waals surface area contributed by atoms with Gasteiger partial charge < -0.3 is 24.1 Å². The summed E-state index contributed by atoms with van der Waals surface area (Å²) in [6.07, 6.45) is 0.419. The second kappa shape index (κ2) is 9.03. The van der Waals surface area contributed by atoms with Crippen LogP contribution < -0.4 is 15.5 Å². The summed E-state index contributed by atoms with van der Waals surface area (Å²) in [5.41, 5.74) is 1.99. The van der Waals surface area contributed by atoms with E-state index in [0.29, 0.717) is 47.8 Å². The van der Waals surface area contributed by atoms with Crippen molar-refractivity contribution in [1.82, 2.24) is 20.5 Å². The molecule has 2 atom stereocenters. The van der Waals surface area contributed by atoms with Gasteiger partial charge in [0, 0.05) is 19.0 Å². The van der Waals surface area contributed by atoms with Crippen LogP contribution in [0.2, 0.25) is 0 Å². The Morgan fingerprint density at radius 1 is 1.26 bits per heavy atom. The number of nitrogens with zero attached hydrogens (tertiary/aromatic N) is 4. The maximum Gasteiger partial charge on any atom is 0.338 e. The minimum atomic E-state index is -0.404. The number of hydrogen-bond acceptors (Lipinski definition) is 10. The molecule has 3 aromatic rings. The molecule has 34 heavy (non-hydrogen) atoms. The van der Waals surface area contributed by atoms with E-state index in [1.165, 1.54) is 11.3 Å². The van der Waals surface area contributed by atoms with E-state index in [1.54, 1.807) is 39.1 Å². The van der Waals surface area contributed by atoms with Crippen LogP contribution in [-0.4, -0.2) is 59.6 Å². The fraction of sp³-hybridized carbons (Fsp3) is 0.409. The first-order chi connectivity index (χ1) is 16.4. The van der Waals surface area contributed by atoms with Crippen molar-refractivity contribution < 1.29 is 23.5 Å². The van der Waals surface area contributed by atoms with Gasteiger partial charge in [-0.25, -0.2) is 14.6 Å². The van der Waals surface area contributed by atoms with E-state index in [0.717, 1.165) is 10.6 Å². The Kier molecular flexibility index (Phi) is 5.92. The van der Waals surface area contributed by atoms with Gasteiger partial charge in [-0.3, -0.25) is 5.32 Å². The fourth-order valence-corrected chi connectivity index (χ4v) is 5.16. The zero-order valence-corrected chi connectivity index (χ0v) is 19.7. The maximum atomic E-state index is 12.3. The van der Waals surface area contributed by atoms with Crippen LogP contribution in [0.5, 0.6) is 0 Å². The van der Waals surface area contributed by atoms with Gasteiger partial charge in [0.15, 0.2) is 5.13 Å². The Bertz CT molecular complexity index is 1220.